The number of carbonyl (C=O) groups is 12. The lowest BCUT2D eigenvalue weighted by Gasteiger charge is -2.16. The number of nitro benzene ring substituents is 2. The van der Waals surface area contributed by atoms with Crippen molar-refractivity contribution in [2.75, 3.05) is 158 Å². The molecule has 656 valence electrons. The van der Waals surface area contributed by atoms with E-state index in [1.807, 2.05) is 90.1 Å². The second-order valence-electron chi connectivity index (χ2n) is 27.7. The zero-order valence-electron chi connectivity index (χ0n) is 67.8. The fraction of sp³-hybridized carbons (Fsp3) is 0.263. The van der Waals surface area contributed by atoms with Gasteiger partial charge in [-0.2, -0.15) is 4.99 Å². The lowest BCUT2D eigenvalue weighted by molar-refractivity contribution is -0.385. The number of nitro groups is 2. The summed E-state index contributed by atoms with van der Waals surface area (Å²) in [6.45, 7) is 5.44. The highest BCUT2D eigenvalue weighted by atomic mass is 79.9. The molecule has 0 saturated heterocycles. The molecule has 34 nitrogen and oxygen atoms in total. The molecule has 0 aliphatic carbocycles. The van der Waals surface area contributed by atoms with Crippen LogP contribution in [-0.4, -0.2) is 280 Å². The summed E-state index contributed by atoms with van der Waals surface area (Å²) in [7, 11) is 19.0. The number of cyclic esters (lactones) is 2. The first kappa shape index (κ1) is 101. The summed E-state index contributed by atoms with van der Waals surface area (Å²) in [5, 5.41) is 26.3. The minimum atomic E-state index is -0.997. The number of anilines is 4. The summed E-state index contributed by atoms with van der Waals surface area (Å²) in [6.07, 6.45) is 0. The quantitative estimate of drug-likeness (QED) is 0.00376. The van der Waals surface area contributed by atoms with Crippen LogP contribution in [0.2, 0.25) is 0 Å². The molecular weight excluding hydrogens is 1790 g/mol. The van der Waals surface area contributed by atoms with Crippen LogP contribution in [0.3, 0.4) is 0 Å². The van der Waals surface area contributed by atoms with Gasteiger partial charge in [-0.15, -0.1) is 0 Å². The number of fused-ring (bicyclic) bond motifs is 5. The maximum Gasteiger partial charge on any atom is 0.347 e. The van der Waals surface area contributed by atoms with Crippen molar-refractivity contribution in [1.29, 1.82) is 0 Å². The number of rotatable bonds is 23. The van der Waals surface area contributed by atoms with Crippen molar-refractivity contribution in [3.63, 3.8) is 0 Å². The number of ether oxygens (including phenoxy) is 1. The number of non-ortho nitro benzene ring substituents is 2. The number of isothiocyanates is 1. The lowest BCUT2D eigenvalue weighted by Crippen LogP contribution is -2.35. The SMILES string of the molecule is CN(C)CCN.CN(C)CCN1C(=O)c2ccc(N)cc2C1=O.CN(C)CCN1C(=O)c2ccc(N=C=S)cc2C1=O.CN(C)CCN1C(=O)c2ccc(Nc3nc(N)c(C(=O)c4c(F)cccc4F)s3)cc2C1=O.CN(C)CCN1C(=O)c2ccc([N+](=O)[O-])cc2C1=O.O=C(CBr)c1c(F)cccc1F.O=C1OC(=O)c2cc([N+](=O)[O-])ccc21.S=C(Cl)Cl.[HH]. The number of amides is 8. The molecule has 5 aliphatic rings. The number of nitrogens with one attached hydrogen (secondary N) is 1. The smallest absolute Gasteiger partial charge is 0.347 e. The summed E-state index contributed by atoms with van der Waals surface area (Å²) < 4.78 is 57.8. The van der Waals surface area contributed by atoms with Crippen molar-refractivity contribution in [3.8, 4) is 0 Å². The largest absolute Gasteiger partial charge is 0.399 e. The number of thiazole rings is 1. The number of imide groups is 4. The van der Waals surface area contributed by atoms with Gasteiger partial charge in [0.15, 0.2) is 14.7 Å². The van der Waals surface area contributed by atoms with E-state index in [0.29, 0.717) is 84.1 Å². The van der Waals surface area contributed by atoms with Gasteiger partial charge in [0.25, 0.3) is 58.6 Å². The number of carbonyl (C=O) groups excluding carboxylic acids is 12. The molecule has 6 heterocycles. The number of likely N-dealkylation sites (N-methyl/N-ethyl adjacent to an activating group) is 5. The van der Waals surface area contributed by atoms with Gasteiger partial charge in [0.2, 0.25) is 5.78 Å². The zero-order valence-corrected chi connectivity index (χ0v) is 73.3. The Labute approximate surface area is 740 Å². The Morgan fingerprint density at radius 1 is 0.524 bits per heavy atom. The number of ketones is 2. The van der Waals surface area contributed by atoms with E-state index in [9.17, 15) is 95.3 Å². The Morgan fingerprint density at radius 3 is 1.26 bits per heavy atom. The van der Waals surface area contributed by atoms with Crippen LogP contribution in [0, 0.1) is 43.5 Å². The van der Waals surface area contributed by atoms with Crippen molar-refractivity contribution in [3.05, 3.63) is 243 Å². The van der Waals surface area contributed by atoms with Gasteiger partial charge in [-0.05, 0) is 174 Å². The standard InChI is InChI=1S/C22H19F2N5O3S.C13H13N3O2S.C12H13N3O4.C12H15N3O2.C8H5BrF2O.C8H3NO5.C4H12N2.CCl2S.H2/c1-28(2)8-9-29-20(31)12-7-6-11(10-13(12)21(29)32)26-22-27-19(25)18(33-22)17(30)16-14(23)4-3-5-15(16)24;1-15(2)5-6-16-12(17)10-4-3-9(14-8-19)7-11(10)13(16)18;1-13(2)5-6-14-11(16)9-4-3-8(15(18)19)7-10(9)12(14)17;1-14(2)5-6-15-11(16)9-4-3-8(13)7-10(9)12(15)17;9-4-7(12)8-5(10)2-1-3-6(8)11;10-7-5-2-1-4(9(12)13)3-6(5)8(11)14-7;1-6(2)4-3-5;2-1(3)4;/h3-7,10H,8-9,25H2,1-2H3,(H,26,27);2*3-4,7H,5-6H2,1-2H3;3-4,7H,5-6,13H2,1-2H3;1-3H,4H2;1-3H;3-5H2,1-2H3;;1H. The summed E-state index contributed by atoms with van der Waals surface area (Å²) in [5.41, 5.74) is 19.1. The van der Waals surface area contributed by atoms with Crippen molar-refractivity contribution < 1.29 is 91.1 Å². The third kappa shape index (κ3) is 26.7. The topological polar surface area (TPSA) is 445 Å². The molecule has 8 aromatic rings. The van der Waals surface area contributed by atoms with Crippen LogP contribution in [-0.2, 0) is 4.74 Å². The van der Waals surface area contributed by atoms with Crippen LogP contribution >= 0.6 is 74.9 Å². The molecule has 5 aliphatic heterocycles. The van der Waals surface area contributed by atoms with Crippen molar-refractivity contribution in [2.45, 2.75) is 0 Å². The van der Waals surface area contributed by atoms with Gasteiger partial charge in [-0.25, -0.2) is 32.1 Å². The average Bonchev–Trinajstić information content (AvgIpc) is 1.66. The highest BCUT2D eigenvalue weighted by Gasteiger charge is 2.40. The van der Waals surface area contributed by atoms with Crippen LogP contribution in [0.1, 0.15) is 131 Å². The number of esters is 2. The summed E-state index contributed by atoms with van der Waals surface area (Å²) >= 11 is 21.8. The van der Waals surface area contributed by atoms with Gasteiger partial charge in [0.05, 0.1) is 92.8 Å². The molecule has 0 bridgehead atoms. The third-order valence-electron chi connectivity index (χ3n) is 17.4. The monoisotopic (exact) mass is 1870 g/mol. The molecule has 7 N–H and O–H groups in total. The summed E-state index contributed by atoms with van der Waals surface area (Å²) in [5.74, 6) is -9.55. The predicted octanol–water partition coefficient (Wildman–Crippen LogP) is 10.8. The number of benzene rings is 7. The second-order valence-corrected chi connectivity index (χ2v) is 31.2. The van der Waals surface area contributed by atoms with E-state index >= 15 is 0 Å². The fourth-order valence-corrected chi connectivity index (χ4v) is 12.5. The van der Waals surface area contributed by atoms with Crippen molar-refractivity contribution >= 4 is 194 Å². The van der Waals surface area contributed by atoms with Gasteiger partial charge in [0.1, 0.15) is 34.0 Å². The fourth-order valence-electron chi connectivity index (χ4n) is 11.3. The van der Waals surface area contributed by atoms with Gasteiger partial charge in [-0.3, -0.25) is 87.8 Å². The molecule has 44 heteroatoms. The van der Waals surface area contributed by atoms with E-state index < -0.39 is 85.5 Å². The van der Waals surface area contributed by atoms with Gasteiger partial charge in [0, 0.05) is 103 Å². The molecule has 1 aromatic heterocycles. The Bertz CT molecular complexity index is 5440. The van der Waals surface area contributed by atoms with Gasteiger partial charge in [-0.1, -0.05) is 74.8 Å². The molecule has 7 aromatic carbocycles. The Balaban J connectivity index is 0.000000267. The number of thiocarbonyl (C=S) groups is 2. The number of nitrogen functional groups attached to an aromatic ring is 2. The number of nitrogens with two attached hydrogens (primary N) is 3. The highest BCUT2D eigenvalue weighted by Crippen LogP contribution is 2.35. The van der Waals surface area contributed by atoms with Crippen molar-refractivity contribution in [2.24, 2.45) is 10.7 Å². The first-order valence-corrected chi connectivity index (χ1v) is 39.8. The van der Waals surface area contributed by atoms with Crippen LogP contribution in [0.15, 0.2) is 132 Å². The van der Waals surface area contributed by atoms with E-state index in [-0.39, 0.29) is 108 Å². The van der Waals surface area contributed by atoms with E-state index in [2.05, 4.69) is 70.5 Å². The maximum absolute atomic E-state index is 14.0. The zero-order chi connectivity index (χ0) is 92.6. The van der Waals surface area contributed by atoms with Crippen molar-refractivity contribution in [1.82, 2.24) is 49.1 Å². The maximum atomic E-state index is 14.0. The molecule has 13 rings (SSSR count). The van der Waals surface area contributed by atoms with Crippen LogP contribution in [0.4, 0.5) is 56.9 Å². The molecular formula is C80H82BrCl2F4N17O17S3. The number of aromatic nitrogens is 1. The van der Waals surface area contributed by atoms with E-state index in [0.717, 1.165) is 77.9 Å². The predicted molar refractivity (Wildman–Crippen MR) is 468 cm³/mol. The first-order chi connectivity index (χ1) is 58.4. The van der Waals surface area contributed by atoms with E-state index in [1.54, 1.807) is 42.5 Å². The number of hydrogen-bond acceptors (Lipinski definition) is 31. The molecule has 124 heavy (non-hydrogen) atoms. The molecule has 0 unspecified atom stereocenters. The number of halogens is 7. The van der Waals surface area contributed by atoms with E-state index in [4.69, 9.17) is 40.4 Å². The van der Waals surface area contributed by atoms with E-state index in [1.165, 1.54) is 51.1 Å². The molecule has 0 fully saturated rings. The molecule has 0 radical (unpaired) electrons. The number of aliphatic imine (C=N–C) groups is 1. The van der Waals surface area contributed by atoms with Gasteiger partial charge >= 0.3 is 11.9 Å². The average molecular weight is 1880 g/mol. The minimum Gasteiger partial charge on any atom is -0.399 e. The Morgan fingerprint density at radius 2 is 0.871 bits per heavy atom. The first-order valence-electron chi connectivity index (χ1n) is 36.3. The molecule has 0 atom stereocenters. The Hall–Kier alpha value is -12.2. The highest BCUT2D eigenvalue weighted by molar-refractivity contribution is 9.09. The van der Waals surface area contributed by atoms with Gasteiger partial charge < -0.3 is 51.8 Å². The third-order valence-corrected chi connectivity index (χ3v) is 19.0. The number of alkyl halides is 1. The molecule has 0 saturated carbocycles. The molecule has 8 amide bonds. The second kappa shape index (κ2) is 46.4. The van der Waals surface area contributed by atoms with Crippen LogP contribution < -0.4 is 22.5 Å². The summed E-state index contributed by atoms with van der Waals surface area (Å²) in [4.78, 5) is 185. The normalized spacial score (nSPS) is 13.0. The Kier molecular flexibility index (Phi) is 37.6. The lowest BCUT2D eigenvalue weighted by atomic mass is 10.1. The number of nitrogens with zero attached hydrogens (tertiary/aromatic N) is 13. The van der Waals surface area contributed by atoms with Crippen LogP contribution in [0.5, 0.6) is 0 Å². The number of Topliss-reactive ketones (excluding diaryl/α,β-unsaturated/α-hetero) is 1. The molecule has 0 spiro atoms. The number of hydrogen-bond donors (Lipinski definition) is 4. The van der Waals surface area contributed by atoms with Crippen LogP contribution in [0.25, 0.3) is 0 Å². The summed E-state index contributed by atoms with van der Waals surface area (Å²) in [6, 6.07) is 27.9. The minimum absolute atomic E-state index is 0.